The molecule has 1 aliphatic heterocycles. The molecule has 1 fully saturated rings. The Hall–Kier alpha value is -1.57. The largest absolute Gasteiger partial charge is 0.495 e. The molecular weight excluding hydrogens is 238 g/mol. The van der Waals surface area contributed by atoms with Gasteiger partial charge in [-0.2, -0.15) is 5.26 Å². The van der Waals surface area contributed by atoms with E-state index < -0.39 is 0 Å². The van der Waals surface area contributed by atoms with Gasteiger partial charge < -0.3 is 10.1 Å². The van der Waals surface area contributed by atoms with Crippen LogP contribution in [-0.4, -0.2) is 39.2 Å². The minimum atomic E-state index is 0.380. The lowest BCUT2D eigenvalue weighted by atomic mass is 9.92. The second-order valence-corrected chi connectivity index (χ2v) is 5.10. The number of rotatable bonds is 4. The first kappa shape index (κ1) is 13.9. The van der Waals surface area contributed by atoms with Crippen LogP contribution in [0.15, 0.2) is 18.2 Å². The molecule has 0 aliphatic carbocycles. The third-order valence-electron chi connectivity index (χ3n) is 3.93. The minimum absolute atomic E-state index is 0.380. The number of hydrogen-bond acceptors (Lipinski definition) is 4. The molecule has 0 spiro atoms. The molecule has 1 heterocycles. The highest BCUT2D eigenvalue weighted by atomic mass is 16.5. The summed E-state index contributed by atoms with van der Waals surface area (Å²) >= 11 is 0. The monoisotopic (exact) mass is 259 g/mol. The number of hydrogen-bond donors (Lipinski definition) is 1. The van der Waals surface area contributed by atoms with Gasteiger partial charge >= 0.3 is 0 Å². The zero-order valence-electron chi connectivity index (χ0n) is 11.8. The van der Waals surface area contributed by atoms with Crippen molar-refractivity contribution >= 4 is 0 Å². The van der Waals surface area contributed by atoms with E-state index >= 15 is 0 Å². The van der Waals surface area contributed by atoms with Crippen molar-refractivity contribution < 1.29 is 4.74 Å². The van der Waals surface area contributed by atoms with Crippen LogP contribution < -0.4 is 10.1 Å². The zero-order chi connectivity index (χ0) is 13.8. The van der Waals surface area contributed by atoms with Crippen molar-refractivity contribution in [1.29, 1.82) is 5.26 Å². The summed E-state index contributed by atoms with van der Waals surface area (Å²) in [5.41, 5.74) is 1.82. The molecule has 0 amide bonds. The van der Waals surface area contributed by atoms with Crippen LogP contribution in [0.4, 0.5) is 0 Å². The number of likely N-dealkylation sites (tertiary alicyclic amines) is 1. The Kier molecular flexibility index (Phi) is 4.41. The molecule has 1 aromatic rings. The lowest BCUT2D eigenvalue weighted by molar-refractivity contribution is 0.274. The van der Waals surface area contributed by atoms with Gasteiger partial charge in [-0.3, -0.25) is 4.90 Å². The van der Waals surface area contributed by atoms with E-state index in [0.717, 1.165) is 13.1 Å². The Balaban J connectivity index is 2.32. The summed E-state index contributed by atoms with van der Waals surface area (Å²) in [5.74, 6) is 1.24. The number of methoxy groups -OCH3 is 1. The predicted molar refractivity (Wildman–Crippen MR) is 75.1 cm³/mol. The average molecular weight is 259 g/mol. The van der Waals surface area contributed by atoms with Crippen LogP contribution in [0.5, 0.6) is 5.75 Å². The fourth-order valence-electron chi connectivity index (χ4n) is 3.03. The van der Waals surface area contributed by atoms with Crippen molar-refractivity contribution in [3.8, 4) is 11.8 Å². The van der Waals surface area contributed by atoms with Crippen molar-refractivity contribution in [2.45, 2.75) is 12.5 Å². The maximum atomic E-state index is 9.20. The minimum Gasteiger partial charge on any atom is -0.495 e. The summed E-state index contributed by atoms with van der Waals surface area (Å²) in [4.78, 5) is 2.37. The van der Waals surface area contributed by atoms with Crippen LogP contribution in [0.2, 0.25) is 0 Å². The van der Waals surface area contributed by atoms with Crippen LogP contribution in [0.25, 0.3) is 0 Å². The lowest BCUT2D eigenvalue weighted by Gasteiger charge is -2.26. The van der Waals surface area contributed by atoms with Crippen molar-refractivity contribution in [2.24, 2.45) is 5.92 Å². The second kappa shape index (κ2) is 6.05. The summed E-state index contributed by atoms with van der Waals surface area (Å²) < 4.78 is 5.21. The van der Waals surface area contributed by atoms with Crippen molar-refractivity contribution in [2.75, 3.05) is 34.3 Å². The maximum Gasteiger partial charge on any atom is 0.136 e. The first-order chi connectivity index (χ1) is 9.21. The van der Waals surface area contributed by atoms with E-state index in [1.165, 1.54) is 12.0 Å². The lowest BCUT2D eigenvalue weighted by Crippen LogP contribution is -2.26. The molecular formula is C15H21N3O. The number of nitrogens with one attached hydrogen (secondary N) is 1. The average Bonchev–Trinajstić information content (AvgIpc) is 2.79. The molecule has 1 saturated heterocycles. The third-order valence-corrected chi connectivity index (χ3v) is 3.93. The van der Waals surface area contributed by atoms with Crippen LogP contribution in [-0.2, 0) is 0 Å². The van der Waals surface area contributed by atoms with Crippen molar-refractivity contribution in [3.05, 3.63) is 29.3 Å². The Morgan fingerprint density at radius 3 is 2.95 bits per heavy atom. The molecule has 19 heavy (non-hydrogen) atoms. The Bertz CT molecular complexity index is 479. The first-order valence-electron chi connectivity index (χ1n) is 6.64. The van der Waals surface area contributed by atoms with Gasteiger partial charge in [-0.1, -0.05) is 6.07 Å². The SMILES string of the molecule is CNCC1CCN(C)C1c1ccc(OC)c(C#N)c1. The molecule has 1 aromatic carbocycles. The Labute approximate surface area is 115 Å². The Morgan fingerprint density at radius 2 is 2.32 bits per heavy atom. The molecule has 2 atom stereocenters. The van der Waals surface area contributed by atoms with E-state index in [4.69, 9.17) is 4.74 Å². The highest BCUT2D eigenvalue weighted by Crippen LogP contribution is 2.37. The summed E-state index contributed by atoms with van der Waals surface area (Å²) in [7, 11) is 5.74. The molecule has 0 saturated carbocycles. The standard InChI is InChI=1S/C15H21N3O/c1-17-10-12-6-7-18(2)15(12)11-4-5-14(19-3)13(8-11)9-16/h4-5,8,12,15,17H,6-7,10H2,1-3H3. The van der Waals surface area contributed by atoms with Gasteiger partial charge in [-0.25, -0.2) is 0 Å². The highest BCUT2D eigenvalue weighted by Gasteiger charge is 2.32. The summed E-state index contributed by atoms with van der Waals surface area (Å²) in [6.07, 6.45) is 1.19. The molecule has 1 N–H and O–H groups in total. The van der Waals surface area contributed by atoms with E-state index in [1.807, 2.05) is 19.2 Å². The second-order valence-electron chi connectivity index (χ2n) is 5.10. The molecule has 0 aromatic heterocycles. The van der Waals surface area contributed by atoms with Crippen molar-refractivity contribution in [3.63, 3.8) is 0 Å². The molecule has 0 radical (unpaired) electrons. The van der Waals surface area contributed by atoms with Crippen LogP contribution in [0.1, 0.15) is 23.6 Å². The quantitative estimate of drug-likeness (QED) is 0.895. The fourth-order valence-corrected chi connectivity index (χ4v) is 3.03. The summed E-state index contributed by atoms with van der Waals surface area (Å²) in [5, 5.41) is 12.5. The van der Waals surface area contributed by atoms with Gasteiger partial charge in [0.1, 0.15) is 11.8 Å². The molecule has 2 unspecified atom stereocenters. The Morgan fingerprint density at radius 1 is 1.53 bits per heavy atom. The number of ether oxygens (including phenoxy) is 1. The van der Waals surface area contributed by atoms with Gasteiger partial charge in [-0.15, -0.1) is 0 Å². The number of benzene rings is 1. The van der Waals surface area contributed by atoms with E-state index in [1.54, 1.807) is 7.11 Å². The smallest absolute Gasteiger partial charge is 0.136 e. The van der Waals surface area contributed by atoms with Gasteiger partial charge in [0.15, 0.2) is 0 Å². The van der Waals surface area contributed by atoms with Crippen molar-refractivity contribution in [1.82, 2.24) is 10.2 Å². The van der Waals surface area contributed by atoms with Gasteiger partial charge in [0.25, 0.3) is 0 Å². The molecule has 4 heteroatoms. The normalized spacial score (nSPS) is 23.3. The van der Waals surface area contributed by atoms with Crippen LogP contribution >= 0.6 is 0 Å². The number of nitrogens with zero attached hydrogens (tertiary/aromatic N) is 2. The van der Waals surface area contributed by atoms with Gasteiger partial charge in [0, 0.05) is 6.04 Å². The molecule has 102 valence electrons. The first-order valence-corrected chi connectivity index (χ1v) is 6.64. The summed E-state index contributed by atoms with van der Waals surface area (Å²) in [6, 6.07) is 8.54. The third kappa shape index (κ3) is 2.73. The highest BCUT2D eigenvalue weighted by molar-refractivity contribution is 5.46. The van der Waals surface area contributed by atoms with E-state index in [2.05, 4.69) is 29.4 Å². The molecule has 1 aliphatic rings. The molecule has 0 bridgehead atoms. The zero-order valence-corrected chi connectivity index (χ0v) is 11.8. The van der Waals surface area contributed by atoms with E-state index in [9.17, 15) is 5.26 Å². The molecule has 2 rings (SSSR count). The topological polar surface area (TPSA) is 48.3 Å². The van der Waals surface area contributed by atoms with Gasteiger partial charge in [-0.05, 0) is 57.2 Å². The van der Waals surface area contributed by atoms with Gasteiger partial charge in [0.2, 0.25) is 0 Å². The van der Waals surface area contributed by atoms with Crippen LogP contribution in [0.3, 0.4) is 0 Å². The summed E-state index contributed by atoms with van der Waals surface area (Å²) in [6.45, 7) is 2.11. The predicted octanol–water partition coefficient (Wildman–Crippen LogP) is 1.78. The fraction of sp³-hybridized carbons (Fsp3) is 0.533. The maximum absolute atomic E-state index is 9.20. The molecule has 4 nitrogen and oxygen atoms in total. The van der Waals surface area contributed by atoms with E-state index in [-0.39, 0.29) is 0 Å². The number of nitriles is 1. The van der Waals surface area contributed by atoms with Crippen LogP contribution in [0, 0.1) is 17.2 Å². The van der Waals surface area contributed by atoms with Gasteiger partial charge in [0.05, 0.1) is 12.7 Å². The van der Waals surface area contributed by atoms with E-state index in [0.29, 0.717) is 23.3 Å².